The van der Waals surface area contributed by atoms with E-state index in [-0.39, 0.29) is 17.2 Å². The first kappa shape index (κ1) is 16.3. The molecular formula is C16H29N3O2. The third kappa shape index (κ3) is 3.96. The zero-order valence-electron chi connectivity index (χ0n) is 13.7. The zero-order chi connectivity index (χ0) is 15.5. The fourth-order valence-corrected chi connectivity index (χ4v) is 2.95. The second kappa shape index (κ2) is 6.77. The Morgan fingerprint density at radius 2 is 1.48 bits per heavy atom. The van der Waals surface area contributed by atoms with Crippen LogP contribution in [0.3, 0.4) is 0 Å². The summed E-state index contributed by atoms with van der Waals surface area (Å²) in [4.78, 5) is 30.7. The number of nitrogens with zero attached hydrogens (tertiary/aromatic N) is 3. The molecule has 0 aliphatic carbocycles. The van der Waals surface area contributed by atoms with Crippen LogP contribution in [-0.2, 0) is 9.59 Å². The number of hydrogen-bond acceptors (Lipinski definition) is 3. The summed E-state index contributed by atoms with van der Waals surface area (Å²) < 4.78 is 0. The molecule has 0 spiro atoms. The number of likely N-dealkylation sites (tertiary alicyclic amines) is 1. The minimum absolute atomic E-state index is 0.246. The van der Waals surface area contributed by atoms with Crippen molar-refractivity contribution in [3.63, 3.8) is 0 Å². The van der Waals surface area contributed by atoms with Gasteiger partial charge in [0.05, 0.1) is 6.54 Å². The highest BCUT2D eigenvalue weighted by Gasteiger charge is 2.32. The molecule has 2 aliphatic heterocycles. The van der Waals surface area contributed by atoms with Crippen molar-refractivity contribution in [1.82, 2.24) is 14.7 Å². The van der Waals surface area contributed by atoms with Gasteiger partial charge in [0.15, 0.2) is 0 Å². The molecule has 2 fully saturated rings. The van der Waals surface area contributed by atoms with Gasteiger partial charge in [0.25, 0.3) is 0 Å². The van der Waals surface area contributed by atoms with Crippen molar-refractivity contribution in [2.24, 2.45) is 5.41 Å². The molecule has 2 heterocycles. The average Bonchev–Trinajstić information content (AvgIpc) is 3.01. The summed E-state index contributed by atoms with van der Waals surface area (Å²) in [5, 5.41) is 0. The lowest BCUT2D eigenvalue weighted by atomic mass is 9.88. The Hall–Kier alpha value is -1.10. The van der Waals surface area contributed by atoms with E-state index in [1.807, 2.05) is 23.6 Å². The van der Waals surface area contributed by atoms with Gasteiger partial charge in [-0.2, -0.15) is 0 Å². The molecule has 2 rings (SSSR count). The molecular weight excluding hydrogens is 266 g/mol. The molecule has 120 valence electrons. The highest BCUT2D eigenvalue weighted by atomic mass is 16.2. The van der Waals surface area contributed by atoms with Gasteiger partial charge in [0.1, 0.15) is 0 Å². The van der Waals surface area contributed by atoms with Gasteiger partial charge in [-0.1, -0.05) is 20.8 Å². The Labute approximate surface area is 128 Å². The standard InChI is InChI=1S/C16H29N3O2/c1-4-16(2,3)15(21)19-11-9-17(10-12-19)13-14(20)18-7-5-6-8-18/h4-13H2,1-3H3. The average molecular weight is 295 g/mol. The molecule has 0 aromatic carbocycles. The summed E-state index contributed by atoms with van der Waals surface area (Å²) in [6.45, 7) is 11.5. The van der Waals surface area contributed by atoms with E-state index in [0.717, 1.165) is 58.5 Å². The maximum Gasteiger partial charge on any atom is 0.236 e. The summed E-state index contributed by atoms with van der Waals surface area (Å²) in [5.41, 5.74) is -0.270. The number of carbonyl (C=O) groups is 2. The van der Waals surface area contributed by atoms with Crippen LogP contribution in [-0.4, -0.2) is 72.3 Å². The maximum atomic E-state index is 12.4. The third-order valence-corrected chi connectivity index (χ3v) is 4.94. The molecule has 0 aromatic heterocycles. The van der Waals surface area contributed by atoms with Gasteiger partial charge < -0.3 is 9.80 Å². The first-order chi connectivity index (χ1) is 9.94. The molecule has 2 aliphatic rings. The normalized spacial score (nSPS) is 20.9. The maximum absolute atomic E-state index is 12.4. The number of hydrogen-bond donors (Lipinski definition) is 0. The van der Waals surface area contributed by atoms with Gasteiger partial charge in [-0.25, -0.2) is 0 Å². The first-order valence-electron chi connectivity index (χ1n) is 8.23. The molecule has 0 radical (unpaired) electrons. The minimum Gasteiger partial charge on any atom is -0.342 e. The van der Waals surface area contributed by atoms with Crippen LogP contribution < -0.4 is 0 Å². The predicted octanol–water partition coefficient (Wildman–Crippen LogP) is 1.19. The van der Waals surface area contributed by atoms with Crippen molar-refractivity contribution in [3.05, 3.63) is 0 Å². The van der Waals surface area contributed by atoms with Crippen molar-refractivity contribution < 1.29 is 9.59 Å². The number of rotatable bonds is 4. The SMILES string of the molecule is CCC(C)(C)C(=O)N1CCN(CC(=O)N2CCCC2)CC1. The van der Waals surface area contributed by atoms with E-state index in [1.165, 1.54) is 0 Å². The Morgan fingerprint density at radius 3 is 2.00 bits per heavy atom. The van der Waals surface area contributed by atoms with E-state index in [4.69, 9.17) is 0 Å². The van der Waals surface area contributed by atoms with Gasteiger partial charge in [0, 0.05) is 44.7 Å². The Bertz CT molecular complexity index is 381. The summed E-state index contributed by atoms with van der Waals surface area (Å²) in [5.74, 6) is 0.497. The van der Waals surface area contributed by atoms with E-state index < -0.39 is 0 Å². The number of piperazine rings is 1. The van der Waals surface area contributed by atoms with Crippen molar-refractivity contribution in [2.45, 2.75) is 40.0 Å². The molecule has 2 amide bonds. The van der Waals surface area contributed by atoms with Crippen molar-refractivity contribution in [2.75, 3.05) is 45.8 Å². The van der Waals surface area contributed by atoms with E-state index in [0.29, 0.717) is 6.54 Å². The van der Waals surface area contributed by atoms with E-state index in [1.54, 1.807) is 0 Å². The van der Waals surface area contributed by atoms with Crippen LogP contribution in [0.15, 0.2) is 0 Å². The second-order valence-electron chi connectivity index (χ2n) is 6.89. The minimum atomic E-state index is -0.270. The predicted molar refractivity (Wildman–Crippen MR) is 82.9 cm³/mol. The summed E-state index contributed by atoms with van der Waals surface area (Å²) >= 11 is 0. The van der Waals surface area contributed by atoms with Gasteiger partial charge in [-0.05, 0) is 19.3 Å². The molecule has 5 heteroatoms. The van der Waals surface area contributed by atoms with Crippen LogP contribution in [0.5, 0.6) is 0 Å². The Balaban J connectivity index is 1.78. The highest BCUT2D eigenvalue weighted by Crippen LogP contribution is 2.23. The Morgan fingerprint density at radius 1 is 0.905 bits per heavy atom. The van der Waals surface area contributed by atoms with Gasteiger partial charge in [-0.3, -0.25) is 14.5 Å². The fourth-order valence-electron chi connectivity index (χ4n) is 2.95. The smallest absolute Gasteiger partial charge is 0.236 e. The van der Waals surface area contributed by atoms with Gasteiger partial charge in [0.2, 0.25) is 11.8 Å². The summed E-state index contributed by atoms with van der Waals surface area (Å²) in [6.07, 6.45) is 3.14. The molecule has 0 saturated carbocycles. The quantitative estimate of drug-likeness (QED) is 0.782. The fraction of sp³-hybridized carbons (Fsp3) is 0.875. The molecule has 0 N–H and O–H groups in total. The highest BCUT2D eigenvalue weighted by molar-refractivity contribution is 5.82. The second-order valence-corrected chi connectivity index (χ2v) is 6.89. The van der Waals surface area contributed by atoms with Crippen LogP contribution >= 0.6 is 0 Å². The summed E-state index contributed by atoms with van der Waals surface area (Å²) in [7, 11) is 0. The molecule has 21 heavy (non-hydrogen) atoms. The van der Waals surface area contributed by atoms with Gasteiger partial charge in [-0.15, -0.1) is 0 Å². The first-order valence-corrected chi connectivity index (χ1v) is 8.23. The number of carbonyl (C=O) groups excluding carboxylic acids is 2. The molecule has 0 bridgehead atoms. The monoisotopic (exact) mass is 295 g/mol. The van der Waals surface area contributed by atoms with E-state index >= 15 is 0 Å². The topological polar surface area (TPSA) is 43.9 Å². The van der Waals surface area contributed by atoms with Crippen LogP contribution in [0.4, 0.5) is 0 Å². The van der Waals surface area contributed by atoms with Crippen molar-refractivity contribution in [3.8, 4) is 0 Å². The lowest BCUT2D eigenvalue weighted by Gasteiger charge is -2.38. The third-order valence-electron chi connectivity index (χ3n) is 4.94. The molecule has 2 saturated heterocycles. The van der Waals surface area contributed by atoms with Crippen molar-refractivity contribution in [1.29, 1.82) is 0 Å². The van der Waals surface area contributed by atoms with E-state index in [2.05, 4.69) is 11.8 Å². The van der Waals surface area contributed by atoms with Crippen LogP contribution in [0.2, 0.25) is 0 Å². The Kier molecular flexibility index (Phi) is 5.25. The van der Waals surface area contributed by atoms with Crippen LogP contribution in [0.1, 0.15) is 40.0 Å². The van der Waals surface area contributed by atoms with E-state index in [9.17, 15) is 9.59 Å². The lowest BCUT2D eigenvalue weighted by molar-refractivity contribution is -0.142. The molecule has 0 aromatic rings. The molecule has 0 atom stereocenters. The summed E-state index contributed by atoms with van der Waals surface area (Å²) in [6, 6.07) is 0. The van der Waals surface area contributed by atoms with Crippen molar-refractivity contribution >= 4 is 11.8 Å². The zero-order valence-corrected chi connectivity index (χ0v) is 13.7. The van der Waals surface area contributed by atoms with Gasteiger partial charge >= 0.3 is 0 Å². The molecule has 0 unspecified atom stereocenters. The van der Waals surface area contributed by atoms with Crippen LogP contribution in [0, 0.1) is 5.41 Å². The number of amides is 2. The largest absolute Gasteiger partial charge is 0.342 e. The molecule has 5 nitrogen and oxygen atoms in total. The lowest BCUT2D eigenvalue weighted by Crippen LogP contribution is -2.53. The van der Waals surface area contributed by atoms with Crippen LogP contribution in [0.25, 0.3) is 0 Å².